The second-order valence-corrected chi connectivity index (χ2v) is 9.79. The minimum atomic E-state index is -5.70. The van der Waals surface area contributed by atoms with Crippen LogP contribution < -0.4 is 11.1 Å². The molecule has 6 rings (SSSR count). The Balaban J connectivity index is 1.43. The van der Waals surface area contributed by atoms with Gasteiger partial charge in [0.2, 0.25) is 5.91 Å². The highest BCUT2D eigenvalue weighted by Gasteiger charge is 2.61. The zero-order chi connectivity index (χ0) is 27.7. The number of amides is 1. The first kappa shape index (κ1) is 25.3. The predicted octanol–water partition coefficient (Wildman–Crippen LogP) is 3.99. The van der Waals surface area contributed by atoms with Crippen LogP contribution in [0.15, 0.2) is 31.0 Å². The minimum absolute atomic E-state index is 0.0289. The van der Waals surface area contributed by atoms with Gasteiger partial charge in [0.25, 0.3) is 0 Å². The summed E-state index contributed by atoms with van der Waals surface area (Å²) < 4.78 is 66.9. The lowest BCUT2D eigenvalue weighted by molar-refractivity contribution is -0.284. The molecule has 1 aliphatic heterocycles. The summed E-state index contributed by atoms with van der Waals surface area (Å²) in [6.07, 6.45) is 0.477. The number of nitrogens with two attached hydrogens (primary N) is 1. The number of halogens is 6. The average Bonchev–Trinajstić information content (AvgIpc) is 3.52. The van der Waals surface area contributed by atoms with Gasteiger partial charge in [-0.25, -0.2) is 29.9 Å². The molecule has 1 amide bonds. The summed E-state index contributed by atoms with van der Waals surface area (Å²) in [5.41, 5.74) is 5.36. The van der Waals surface area contributed by atoms with Gasteiger partial charge >= 0.3 is 12.1 Å². The average molecular weight is 566 g/mol. The van der Waals surface area contributed by atoms with Crippen LogP contribution >= 0.6 is 11.6 Å². The number of nitrogens with one attached hydrogen (secondary N) is 1. The third kappa shape index (κ3) is 3.94. The molecule has 3 N–H and O–H groups in total. The van der Waals surface area contributed by atoms with Gasteiger partial charge in [0.1, 0.15) is 28.6 Å². The van der Waals surface area contributed by atoms with Gasteiger partial charge in [-0.05, 0) is 25.2 Å². The maximum absolute atomic E-state index is 13.6. The highest BCUT2D eigenvalue weighted by atomic mass is 35.5. The van der Waals surface area contributed by atoms with Gasteiger partial charge in [-0.2, -0.15) is 22.0 Å². The molecule has 1 unspecified atom stereocenters. The molecule has 39 heavy (non-hydrogen) atoms. The molecule has 202 valence electrons. The van der Waals surface area contributed by atoms with Crippen molar-refractivity contribution in [2.24, 2.45) is 5.92 Å². The van der Waals surface area contributed by atoms with E-state index in [-0.39, 0.29) is 51.3 Å². The normalized spacial score (nSPS) is 19.4. The Labute approximate surface area is 220 Å². The quantitative estimate of drug-likeness (QED) is 0.335. The minimum Gasteiger partial charge on any atom is -0.383 e. The van der Waals surface area contributed by atoms with Crippen molar-refractivity contribution in [1.29, 1.82) is 0 Å². The number of nitrogen functional groups attached to an aromatic ring is 1. The van der Waals surface area contributed by atoms with Gasteiger partial charge in [-0.15, -0.1) is 0 Å². The highest BCUT2D eigenvalue weighted by Crippen LogP contribution is 2.56. The fourth-order valence-electron chi connectivity index (χ4n) is 4.90. The first-order valence-electron chi connectivity index (χ1n) is 11.7. The molecule has 1 aliphatic carbocycles. The van der Waals surface area contributed by atoms with Crippen LogP contribution in [0, 0.1) is 5.92 Å². The van der Waals surface area contributed by atoms with E-state index in [0.29, 0.717) is 18.4 Å². The fraction of sp³-hybridized carbons (Fsp3) is 0.348. The summed E-state index contributed by atoms with van der Waals surface area (Å²) in [5, 5.41) is 3.01. The molecular formula is C23H17ClF5N9O. The van der Waals surface area contributed by atoms with Crippen LogP contribution in [0.25, 0.3) is 17.2 Å². The molecule has 4 aromatic rings. The molecule has 2 aliphatic rings. The van der Waals surface area contributed by atoms with Crippen molar-refractivity contribution >= 4 is 34.8 Å². The monoisotopic (exact) mass is 565 g/mol. The number of imidazole rings is 1. The number of hydrogen-bond acceptors (Lipinski definition) is 8. The molecule has 0 saturated heterocycles. The lowest BCUT2D eigenvalue weighted by atomic mass is 9.76. The van der Waals surface area contributed by atoms with Gasteiger partial charge in [-0.3, -0.25) is 4.79 Å². The Hall–Kier alpha value is -4.01. The van der Waals surface area contributed by atoms with Crippen LogP contribution in [0.3, 0.4) is 0 Å². The molecule has 0 spiro atoms. The molecule has 16 heteroatoms. The van der Waals surface area contributed by atoms with E-state index in [0.717, 1.165) is 0 Å². The van der Waals surface area contributed by atoms with Crippen molar-refractivity contribution in [3.05, 3.63) is 53.1 Å². The van der Waals surface area contributed by atoms with Crippen LogP contribution in [-0.4, -0.2) is 52.3 Å². The second kappa shape index (κ2) is 8.49. The molecule has 0 radical (unpaired) electrons. The van der Waals surface area contributed by atoms with E-state index < -0.39 is 36.3 Å². The van der Waals surface area contributed by atoms with E-state index >= 15 is 0 Å². The highest BCUT2D eigenvalue weighted by molar-refractivity contribution is 6.30. The van der Waals surface area contributed by atoms with Gasteiger partial charge in [0, 0.05) is 37.4 Å². The van der Waals surface area contributed by atoms with E-state index in [9.17, 15) is 26.7 Å². The van der Waals surface area contributed by atoms with E-state index in [4.69, 9.17) is 17.3 Å². The molecule has 0 bridgehead atoms. The first-order valence-corrected chi connectivity index (χ1v) is 12.0. The van der Waals surface area contributed by atoms with Crippen LogP contribution in [0.2, 0.25) is 5.02 Å². The lowest BCUT2D eigenvalue weighted by Crippen LogP contribution is -2.40. The third-order valence-electron chi connectivity index (χ3n) is 6.85. The smallest absolute Gasteiger partial charge is 0.383 e. The van der Waals surface area contributed by atoms with Crippen LogP contribution in [0.4, 0.5) is 33.6 Å². The number of carbonyl (C=O) groups is 1. The Morgan fingerprint density at radius 3 is 2.49 bits per heavy atom. The number of nitrogens with zero attached hydrogens (tertiary/aromatic N) is 7. The van der Waals surface area contributed by atoms with Crippen molar-refractivity contribution in [3.8, 4) is 11.5 Å². The SMILES string of the molecule is Nc1nc(-c2cn3ccnc3c(CCC(F)(F)C(F)(F)F)n2)nc2c1C(c1ncc(Cl)cn1)(C1CC1)C(=O)N2. The van der Waals surface area contributed by atoms with Crippen LogP contribution in [-0.2, 0) is 16.6 Å². The maximum Gasteiger partial charge on any atom is 0.453 e. The lowest BCUT2D eigenvalue weighted by Gasteiger charge is -2.26. The van der Waals surface area contributed by atoms with Crippen LogP contribution in [0.5, 0.6) is 0 Å². The van der Waals surface area contributed by atoms with Gasteiger partial charge in [-0.1, -0.05) is 11.6 Å². The molecule has 1 fully saturated rings. The fourth-order valence-corrected chi connectivity index (χ4v) is 5.00. The van der Waals surface area contributed by atoms with Crippen molar-refractivity contribution < 1.29 is 26.7 Å². The first-order chi connectivity index (χ1) is 18.4. The number of carbonyl (C=O) groups excluding carboxylic acids is 1. The molecule has 1 saturated carbocycles. The number of fused-ring (bicyclic) bond motifs is 2. The van der Waals surface area contributed by atoms with E-state index in [1.807, 2.05) is 0 Å². The molecule has 5 heterocycles. The maximum atomic E-state index is 13.6. The Morgan fingerprint density at radius 1 is 1.10 bits per heavy atom. The van der Waals surface area contributed by atoms with Gasteiger partial charge < -0.3 is 15.5 Å². The number of hydrogen-bond donors (Lipinski definition) is 2. The number of alkyl halides is 5. The Morgan fingerprint density at radius 2 is 1.82 bits per heavy atom. The summed E-state index contributed by atoms with van der Waals surface area (Å²) in [6, 6.07) is 0. The van der Waals surface area contributed by atoms with Crippen molar-refractivity contribution in [2.75, 3.05) is 11.1 Å². The zero-order valence-corrected chi connectivity index (χ0v) is 20.4. The van der Waals surface area contributed by atoms with E-state index in [1.165, 1.54) is 35.4 Å². The molecule has 0 aromatic carbocycles. The largest absolute Gasteiger partial charge is 0.453 e. The summed E-state index contributed by atoms with van der Waals surface area (Å²) in [7, 11) is 0. The second-order valence-electron chi connectivity index (χ2n) is 9.35. The standard InChI is InChI=1S/C23H17ClF5N9O/c24-11-7-32-19(33-8-11)22(10-1-2-10)14-15(30)35-16(36-17(14)37-20(22)39)13-9-38-6-5-31-18(38)12(34-13)3-4-21(25,26)23(27,28)29/h5-10H,1-4H2,(H3,30,35,36,37,39). The number of aromatic nitrogens is 7. The van der Waals surface area contributed by atoms with Crippen molar-refractivity contribution in [1.82, 2.24) is 34.3 Å². The molecule has 1 atom stereocenters. The summed E-state index contributed by atoms with van der Waals surface area (Å²) in [4.78, 5) is 39.0. The predicted molar refractivity (Wildman–Crippen MR) is 127 cm³/mol. The zero-order valence-electron chi connectivity index (χ0n) is 19.7. The summed E-state index contributed by atoms with van der Waals surface area (Å²) in [6.45, 7) is 0. The van der Waals surface area contributed by atoms with Crippen molar-refractivity contribution in [2.45, 2.75) is 43.2 Å². The number of rotatable bonds is 6. The van der Waals surface area contributed by atoms with Gasteiger partial charge in [0.15, 0.2) is 11.5 Å². The molecule has 10 nitrogen and oxygen atoms in total. The topological polar surface area (TPSA) is 137 Å². The molecule has 4 aromatic heterocycles. The summed E-state index contributed by atoms with van der Waals surface area (Å²) >= 11 is 5.95. The molecular weight excluding hydrogens is 549 g/mol. The van der Waals surface area contributed by atoms with Crippen molar-refractivity contribution in [3.63, 3.8) is 0 Å². The van der Waals surface area contributed by atoms with Crippen LogP contribution in [0.1, 0.15) is 36.3 Å². The number of aryl methyl sites for hydroxylation is 1. The number of anilines is 2. The third-order valence-corrected chi connectivity index (χ3v) is 7.04. The summed E-state index contributed by atoms with van der Waals surface area (Å²) in [5.74, 6) is -5.34. The van der Waals surface area contributed by atoms with E-state index in [1.54, 1.807) is 0 Å². The Kier molecular flexibility index (Phi) is 5.51. The Bertz CT molecular complexity index is 1620. The van der Waals surface area contributed by atoms with Gasteiger partial charge in [0.05, 0.1) is 16.3 Å². The van der Waals surface area contributed by atoms with E-state index in [2.05, 4.69) is 35.2 Å².